The molecule has 8 nitrogen and oxygen atoms in total. The molecule has 1 N–H and O–H groups in total. The lowest BCUT2D eigenvalue weighted by Gasteiger charge is -2.40. The van der Waals surface area contributed by atoms with Crippen LogP contribution in [0.2, 0.25) is 0 Å². The lowest BCUT2D eigenvalue weighted by atomic mass is 10.1. The molecular formula is C27H32FN5O3. The molecule has 2 fully saturated rings. The molecule has 0 bridgehead atoms. The number of carbonyl (C=O) groups excluding carboxylic acids is 1. The van der Waals surface area contributed by atoms with Gasteiger partial charge in [-0.2, -0.15) is 5.10 Å². The van der Waals surface area contributed by atoms with Crippen molar-refractivity contribution in [3.8, 4) is 17.1 Å². The van der Waals surface area contributed by atoms with Gasteiger partial charge in [-0.3, -0.25) is 9.48 Å². The van der Waals surface area contributed by atoms with E-state index in [0.29, 0.717) is 30.6 Å². The first-order chi connectivity index (χ1) is 17.3. The molecule has 2 aromatic heterocycles. The zero-order valence-electron chi connectivity index (χ0n) is 20.9. The van der Waals surface area contributed by atoms with Gasteiger partial charge < -0.3 is 19.7 Å². The minimum Gasteiger partial charge on any atom is -0.476 e. The van der Waals surface area contributed by atoms with Crippen LogP contribution >= 0.6 is 0 Å². The highest BCUT2D eigenvalue weighted by Crippen LogP contribution is 2.34. The lowest BCUT2D eigenvalue weighted by molar-refractivity contribution is 0.0782. The van der Waals surface area contributed by atoms with E-state index in [9.17, 15) is 9.18 Å². The SMILES string of the molecule is COC1CN(c2ccc(C(=O)NC(C)(C)Cn3ccc(-c4ccc(F)cc4)n3)nc2OCC2CC2)C1. The number of rotatable bonds is 10. The summed E-state index contributed by atoms with van der Waals surface area (Å²) in [6.07, 6.45) is 4.41. The maximum atomic E-state index is 13.2. The minimum absolute atomic E-state index is 0.205. The summed E-state index contributed by atoms with van der Waals surface area (Å²) < 4.78 is 26.4. The van der Waals surface area contributed by atoms with Crippen LogP contribution in [0, 0.1) is 11.7 Å². The number of halogens is 1. The summed E-state index contributed by atoms with van der Waals surface area (Å²) in [7, 11) is 1.72. The van der Waals surface area contributed by atoms with Crippen molar-refractivity contribution >= 4 is 11.6 Å². The van der Waals surface area contributed by atoms with Gasteiger partial charge >= 0.3 is 0 Å². The van der Waals surface area contributed by atoms with Gasteiger partial charge in [-0.15, -0.1) is 0 Å². The highest BCUT2D eigenvalue weighted by Gasteiger charge is 2.31. The Hall–Kier alpha value is -3.46. The summed E-state index contributed by atoms with van der Waals surface area (Å²) >= 11 is 0. The molecule has 1 amide bonds. The van der Waals surface area contributed by atoms with E-state index in [1.54, 1.807) is 30.0 Å². The first-order valence-corrected chi connectivity index (χ1v) is 12.3. The van der Waals surface area contributed by atoms with Gasteiger partial charge in [0.05, 0.1) is 30.5 Å². The summed E-state index contributed by atoms with van der Waals surface area (Å²) in [5, 5.41) is 7.66. The monoisotopic (exact) mass is 493 g/mol. The topological polar surface area (TPSA) is 81.5 Å². The number of aromatic nitrogens is 3. The Morgan fingerprint density at radius 3 is 2.58 bits per heavy atom. The quantitative estimate of drug-likeness (QED) is 0.461. The molecule has 1 saturated carbocycles. The third-order valence-corrected chi connectivity index (χ3v) is 6.54. The van der Waals surface area contributed by atoms with Crippen molar-refractivity contribution in [3.63, 3.8) is 0 Å². The van der Waals surface area contributed by atoms with Crippen LogP contribution < -0.4 is 15.0 Å². The maximum absolute atomic E-state index is 13.2. The molecule has 5 rings (SSSR count). The second-order valence-electron chi connectivity index (χ2n) is 10.3. The second-order valence-corrected chi connectivity index (χ2v) is 10.3. The fraction of sp³-hybridized carbons (Fsp3) is 0.444. The minimum atomic E-state index is -0.596. The van der Waals surface area contributed by atoms with Crippen LogP contribution in [0.4, 0.5) is 10.1 Å². The fourth-order valence-electron chi connectivity index (χ4n) is 4.21. The Balaban J connectivity index is 1.26. The number of methoxy groups -OCH3 is 1. The molecule has 0 atom stereocenters. The van der Waals surface area contributed by atoms with Crippen molar-refractivity contribution in [2.45, 2.75) is 44.9 Å². The molecule has 0 unspecified atom stereocenters. The zero-order valence-corrected chi connectivity index (χ0v) is 20.9. The van der Waals surface area contributed by atoms with Crippen molar-refractivity contribution in [3.05, 3.63) is 60.2 Å². The van der Waals surface area contributed by atoms with Crippen LogP contribution in [0.3, 0.4) is 0 Å². The summed E-state index contributed by atoms with van der Waals surface area (Å²) in [6, 6.07) is 11.7. The molecule has 2 aliphatic rings. The van der Waals surface area contributed by atoms with Gasteiger partial charge in [0.25, 0.3) is 5.91 Å². The molecule has 1 aliphatic carbocycles. The summed E-state index contributed by atoms with van der Waals surface area (Å²) in [6.45, 7) is 6.51. The summed E-state index contributed by atoms with van der Waals surface area (Å²) in [5.74, 6) is 0.520. The number of ether oxygens (including phenoxy) is 2. The maximum Gasteiger partial charge on any atom is 0.270 e. The van der Waals surface area contributed by atoms with Crippen LogP contribution in [0.5, 0.6) is 5.88 Å². The number of nitrogens with zero attached hydrogens (tertiary/aromatic N) is 4. The molecule has 0 radical (unpaired) electrons. The van der Waals surface area contributed by atoms with E-state index < -0.39 is 5.54 Å². The highest BCUT2D eigenvalue weighted by molar-refractivity contribution is 5.93. The van der Waals surface area contributed by atoms with Gasteiger partial charge in [-0.25, -0.2) is 9.37 Å². The number of carbonyl (C=O) groups is 1. The normalized spacial score (nSPS) is 16.1. The smallest absolute Gasteiger partial charge is 0.270 e. The Morgan fingerprint density at radius 1 is 1.14 bits per heavy atom. The number of amides is 1. The average Bonchev–Trinajstić information content (AvgIpc) is 3.54. The van der Waals surface area contributed by atoms with E-state index in [1.165, 1.54) is 25.0 Å². The molecule has 9 heteroatoms. The Bertz CT molecular complexity index is 1220. The predicted molar refractivity (Wildman–Crippen MR) is 135 cm³/mol. The lowest BCUT2D eigenvalue weighted by Crippen LogP contribution is -2.52. The number of hydrogen-bond acceptors (Lipinski definition) is 6. The van der Waals surface area contributed by atoms with Crippen molar-refractivity contribution in [1.82, 2.24) is 20.1 Å². The largest absolute Gasteiger partial charge is 0.476 e. The molecule has 1 aliphatic heterocycles. The summed E-state index contributed by atoms with van der Waals surface area (Å²) in [5.41, 5.74) is 2.19. The number of benzene rings is 1. The van der Waals surface area contributed by atoms with Crippen LogP contribution in [0.25, 0.3) is 11.3 Å². The first kappa shape index (κ1) is 24.2. The van der Waals surface area contributed by atoms with Crippen LogP contribution in [-0.2, 0) is 11.3 Å². The molecule has 36 heavy (non-hydrogen) atoms. The summed E-state index contributed by atoms with van der Waals surface area (Å²) in [4.78, 5) is 19.9. The molecular weight excluding hydrogens is 461 g/mol. The molecule has 3 heterocycles. The average molecular weight is 494 g/mol. The number of hydrogen-bond donors (Lipinski definition) is 1. The van der Waals surface area contributed by atoms with Crippen LogP contribution in [0.1, 0.15) is 37.2 Å². The number of anilines is 1. The molecule has 0 spiro atoms. The van der Waals surface area contributed by atoms with Gasteiger partial charge in [0, 0.05) is 32.0 Å². The van der Waals surface area contributed by atoms with Crippen LogP contribution in [0.15, 0.2) is 48.7 Å². The van der Waals surface area contributed by atoms with Gasteiger partial charge in [-0.1, -0.05) is 0 Å². The third-order valence-electron chi connectivity index (χ3n) is 6.54. The van der Waals surface area contributed by atoms with Gasteiger partial charge in [-0.05, 0) is 75.1 Å². The van der Waals surface area contributed by atoms with Crippen LogP contribution in [-0.4, -0.2) is 59.1 Å². The number of nitrogens with one attached hydrogen (secondary N) is 1. The Morgan fingerprint density at radius 2 is 1.89 bits per heavy atom. The van der Waals surface area contributed by atoms with Crippen molar-refractivity contribution in [2.24, 2.45) is 5.92 Å². The van der Waals surface area contributed by atoms with E-state index in [1.807, 2.05) is 32.2 Å². The van der Waals surface area contributed by atoms with Gasteiger partial charge in [0.1, 0.15) is 17.2 Å². The van der Waals surface area contributed by atoms with Crippen molar-refractivity contribution in [1.29, 1.82) is 0 Å². The van der Waals surface area contributed by atoms with Crippen molar-refractivity contribution in [2.75, 3.05) is 31.7 Å². The highest BCUT2D eigenvalue weighted by atomic mass is 19.1. The van der Waals surface area contributed by atoms with Gasteiger partial charge in [0.15, 0.2) is 0 Å². The first-order valence-electron chi connectivity index (χ1n) is 12.3. The van der Waals surface area contributed by atoms with E-state index in [0.717, 1.165) is 30.0 Å². The van der Waals surface area contributed by atoms with E-state index in [4.69, 9.17) is 9.47 Å². The molecule has 1 aromatic carbocycles. The number of pyridine rings is 1. The molecule has 1 saturated heterocycles. The fourth-order valence-corrected chi connectivity index (χ4v) is 4.21. The third kappa shape index (κ3) is 5.67. The van der Waals surface area contributed by atoms with Gasteiger partial charge in [0.2, 0.25) is 5.88 Å². The second kappa shape index (κ2) is 9.89. The standard InChI is InChI=1S/C27H32FN5O3/c1-27(2,17-33-13-12-22(31-33)19-6-8-20(28)9-7-19)30-25(34)23-10-11-24(32-14-21(15-32)35-3)26(29-23)36-16-18-4-5-18/h6-13,18,21H,4-5,14-17H2,1-3H3,(H,30,34). The Kier molecular flexibility index (Phi) is 6.66. The van der Waals surface area contributed by atoms with E-state index in [2.05, 4.69) is 20.3 Å². The molecule has 190 valence electrons. The predicted octanol–water partition coefficient (Wildman–Crippen LogP) is 3.92. The van der Waals surface area contributed by atoms with Crippen molar-refractivity contribution < 1.29 is 18.7 Å². The Labute approximate surface area is 210 Å². The van der Waals surface area contributed by atoms with E-state index in [-0.39, 0.29) is 17.8 Å². The zero-order chi connectivity index (χ0) is 25.3. The molecule has 3 aromatic rings. The van der Waals surface area contributed by atoms with E-state index >= 15 is 0 Å².